The quantitative estimate of drug-likeness (QED) is 0.870. The standard InChI is InChI=1S/C18H33NO3/c1-12-11-15(19(2)3)17(20)18(21-12)22-16-10-6-8-13-7-4-5-9-14(13)16/h12-18,20H,4-11H2,1-3H3/t12?,13-,14-,15?,16+,17?,18+/m1/s1. The topological polar surface area (TPSA) is 41.9 Å². The molecule has 3 rings (SSSR count). The van der Waals surface area contributed by atoms with E-state index in [1.807, 2.05) is 14.1 Å². The second-order valence-electron chi connectivity index (χ2n) is 7.89. The molecule has 4 nitrogen and oxygen atoms in total. The molecule has 3 aliphatic rings. The molecule has 0 spiro atoms. The molecule has 2 aliphatic carbocycles. The van der Waals surface area contributed by atoms with Gasteiger partial charge in [-0.3, -0.25) is 0 Å². The molecule has 1 heterocycles. The lowest BCUT2D eigenvalue weighted by atomic mass is 9.69. The molecule has 128 valence electrons. The van der Waals surface area contributed by atoms with Crippen LogP contribution in [0.25, 0.3) is 0 Å². The molecule has 22 heavy (non-hydrogen) atoms. The van der Waals surface area contributed by atoms with E-state index in [0.717, 1.165) is 18.8 Å². The number of aliphatic hydroxyl groups excluding tert-OH is 1. The van der Waals surface area contributed by atoms with Crippen LogP contribution in [0.1, 0.15) is 58.3 Å². The smallest absolute Gasteiger partial charge is 0.185 e. The highest BCUT2D eigenvalue weighted by molar-refractivity contribution is 4.89. The number of hydrogen-bond donors (Lipinski definition) is 1. The number of nitrogens with zero attached hydrogens (tertiary/aromatic N) is 1. The molecule has 3 fully saturated rings. The first-order chi connectivity index (χ1) is 10.6. The van der Waals surface area contributed by atoms with Gasteiger partial charge in [0.25, 0.3) is 0 Å². The van der Waals surface area contributed by atoms with Gasteiger partial charge in [-0.25, -0.2) is 0 Å². The van der Waals surface area contributed by atoms with Crippen molar-refractivity contribution in [3.8, 4) is 0 Å². The van der Waals surface area contributed by atoms with Gasteiger partial charge in [-0.15, -0.1) is 0 Å². The van der Waals surface area contributed by atoms with Crippen molar-refractivity contribution in [3.05, 3.63) is 0 Å². The molecule has 1 saturated heterocycles. The van der Waals surface area contributed by atoms with Gasteiger partial charge in [-0.2, -0.15) is 0 Å². The number of aliphatic hydroxyl groups is 1. The lowest BCUT2D eigenvalue weighted by Crippen LogP contribution is -2.55. The Morgan fingerprint density at radius 3 is 2.55 bits per heavy atom. The van der Waals surface area contributed by atoms with Crippen molar-refractivity contribution in [2.24, 2.45) is 11.8 Å². The Labute approximate surface area is 135 Å². The average molecular weight is 311 g/mol. The minimum absolute atomic E-state index is 0.125. The molecule has 0 aromatic carbocycles. The summed E-state index contributed by atoms with van der Waals surface area (Å²) in [6.07, 6.45) is 9.45. The van der Waals surface area contributed by atoms with Gasteiger partial charge < -0.3 is 19.5 Å². The second kappa shape index (κ2) is 7.16. The van der Waals surface area contributed by atoms with Crippen molar-refractivity contribution in [1.82, 2.24) is 4.90 Å². The Hall–Kier alpha value is -0.160. The highest BCUT2D eigenvalue weighted by Gasteiger charge is 2.42. The number of ether oxygens (including phenoxy) is 2. The van der Waals surface area contributed by atoms with E-state index in [0.29, 0.717) is 5.92 Å². The number of fused-ring (bicyclic) bond motifs is 1. The minimum Gasteiger partial charge on any atom is -0.386 e. The molecule has 7 atom stereocenters. The van der Waals surface area contributed by atoms with Crippen molar-refractivity contribution in [2.45, 2.75) is 88.9 Å². The Balaban J connectivity index is 1.65. The molecular formula is C18H33NO3. The Morgan fingerprint density at radius 1 is 1.05 bits per heavy atom. The number of likely N-dealkylation sites (N-methyl/N-ethyl adjacent to an activating group) is 1. The van der Waals surface area contributed by atoms with Crippen LogP contribution in [0.5, 0.6) is 0 Å². The molecule has 2 saturated carbocycles. The van der Waals surface area contributed by atoms with Gasteiger partial charge in [0.15, 0.2) is 6.29 Å². The molecule has 0 aromatic heterocycles. The molecule has 0 bridgehead atoms. The van der Waals surface area contributed by atoms with E-state index in [1.54, 1.807) is 0 Å². The SMILES string of the molecule is CC1CC(N(C)C)C(O)[C@H](O[C@H]2CCC[C@H]3CCCC[C@H]32)O1. The van der Waals surface area contributed by atoms with E-state index in [4.69, 9.17) is 9.47 Å². The van der Waals surface area contributed by atoms with Gasteiger partial charge in [-0.05, 0) is 58.5 Å². The largest absolute Gasteiger partial charge is 0.386 e. The molecular weight excluding hydrogens is 278 g/mol. The Kier molecular flexibility index (Phi) is 5.43. The highest BCUT2D eigenvalue weighted by atomic mass is 16.7. The summed E-state index contributed by atoms with van der Waals surface area (Å²) in [6.45, 7) is 2.09. The van der Waals surface area contributed by atoms with Crippen LogP contribution in [0.15, 0.2) is 0 Å². The zero-order chi connectivity index (χ0) is 15.7. The first-order valence-electron chi connectivity index (χ1n) is 9.21. The van der Waals surface area contributed by atoms with Crippen LogP contribution in [0.3, 0.4) is 0 Å². The first-order valence-corrected chi connectivity index (χ1v) is 9.21. The van der Waals surface area contributed by atoms with Crippen LogP contribution in [-0.4, -0.2) is 54.7 Å². The summed E-state index contributed by atoms with van der Waals surface area (Å²) in [5.41, 5.74) is 0. The maximum atomic E-state index is 10.7. The second-order valence-corrected chi connectivity index (χ2v) is 7.89. The van der Waals surface area contributed by atoms with E-state index < -0.39 is 12.4 Å². The lowest BCUT2D eigenvalue weighted by Gasteiger charge is -2.46. The monoisotopic (exact) mass is 311 g/mol. The summed E-state index contributed by atoms with van der Waals surface area (Å²) in [4.78, 5) is 2.10. The van der Waals surface area contributed by atoms with Crippen molar-refractivity contribution in [3.63, 3.8) is 0 Å². The van der Waals surface area contributed by atoms with Gasteiger partial charge in [0, 0.05) is 6.04 Å². The van der Waals surface area contributed by atoms with Crippen LogP contribution in [0, 0.1) is 11.8 Å². The molecule has 0 aromatic rings. The van der Waals surface area contributed by atoms with Gasteiger partial charge in [0.2, 0.25) is 0 Å². The predicted octanol–water partition coefficient (Wildman–Crippen LogP) is 2.79. The third kappa shape index (κ3) is 3.50. The van der Waals surface area contributed by atoms with E-state index >= 15 is 0 Å². The molecule has 0 amide bonds. The van der Waals surface area contributed by atoms with Gasteiger partial charge in [0.1, 0.15) is 6.10 Å². The van der Waals surface area contributed by atoms with Crippen molar-refractivity contribution in [2.75, 3.05) is 14.1 Å². The summed E-state index contributed by atoms with van der Waals surface area (Å²) >= 11 is 0. The first kappa shape index (κ1) is 16.7. The number of rotatable bonds is 3. The molecule has 0 radical (unpaired) electrons. The van der Waals surface area contributed by atoms with E-state index in [1.165, 1.54) is 38.5 Å². The fourth-order valence-electron chi connectivity index (χ4n) is 4.88. The van der Waals surface area contributed by atoms with Crippen LogP contribution >= 0.6 is 0 Å². The molecule has 1 aliphatic heterocycles. The zero-order valence-electron chi connectivity index (χ0n) is 14.4. The van der Waals surface area contributed by atoms with Crippen molar-refractivity contribution in [1.29, 1.82) is 0 Å². The average Bonchev–Trinajstić information content (AvgIpc) is 2.50. The van der Waals surface area contributed by atoms with Crippen LogP contribution in [-0.2, 0) is 9.47 Å². The third-order valence-corrected chi connectivity index (χ3v) is 6.09. The van der Waals surface area contributed by atoms with Crippen LogP contribution < -0.4 is 0 Å². The normalized spacial score (nSPS) is 46.5. The molecule has 4 heteroatoms. The maximum absolute atomic E-state index is 10.7. The Morgan fingerprint density at radius 2 is 1.77 bits per heavy atom. The van der Waals surface area contributed by atoms with E-state index in [-0.39, 0.29) is 18.2 Å². The fraction of sp³-hybridized carbons (Fsp3) is 1.00. The lowest BCUT2D eigenvalue weighted by molar-refractivity contribution is -0.279. The Bertz CT molecular complexity index is 360. The summed E-state index contributed by atoms with van der Waals surface area (Å²) < 4.78 is 12.3. The summed E-state index contributed by atoms with van der Waals surface area (Å²) in [5, 5.41) is 10.7. The predicted molar refractivity (Wildman–Crippen MR) is 86.6 cm³/mol. The van der Waals surface area contributed by atoms with Gasteiger partial charge in [0.05, 0.1) is 12.2 Å². The molecule has 3 unspecified atom stereocenters. The number of hydrogen-bond acceptors (Lipinski definition) is 4. The minimum atomic E-state index is -0.546. The maximum Gasteiger partial charge on any atom is 0.185 e. The highest BCUT2D eigenvalue weighted by Crippen LogP contribution is 2.42. The summed E-state index contributed by atoms with van der Waals surface area (Å²) in [6, 6.07) is 0.125. The van der Waals surface area contributed by atoms with E-state index in [9.17, 15) is 5.11 Å². The zero-order valence-corrected chi connectivity index (χ0v) is 14.4. The third-order valence-electron chi connectivity index (χ3n) is 6.09. The summed E-state index contributed by atoms with van der Waals surface area (Å²) in [5.74, 6) is 1.53. The van der Waals surface area contributed by atoms with Crippen molar-refractivity contribution < 1.29 is 14.6 Å². The molecule has 1 N–H and O–H groups in total. The van der Waals surface area contributed by atoms with Crippen LogP contribution in [0.2, 0.25) is 0 Å². The van der Waals surface area contributed by atoms with E-state index in [2.05, 4.69) is 11.8 Å². The van der Waals surface area contributed by atoms with Gasteiger partial charge in [-0.1, -0.05) is 25.7 Å². The van der Waals surface area contributed by atoms with Crippen molar-refractivity contribution >= 4 is 0 Å². The van der Waals surface area contributed by atoms with Gasteiger partial charge >= 0.3 is 0 Å². The van der Waals surface area contributed by atoms with Crippen LogP contribution in [0.4, 0.5) is 0 Å². The fourth-order valence-corrected chi connectivity index (χ4v) is 4.88. The summed E-state index contributed by atoms with van der Waals surface area (Å²) in [7, 11) is 4.06.